The molecule has 5 heteroatoms. The van der Waals surface area contributed by atoms with Crippen molar-refractivity contribution < 1.29 is 0 Å². The quantitative estimate of drug-likeness (QED) is 0.870. The molecular weight excluding hydrogens is 214 g/mol. The third kappa shape index (κ3) is 2.22. The lowest BCUT2D eigenvalue weighted by molar-refractivity contribution is 0.931. The molecule has 0 bridgehead atoms. The summed E-state index contributed by atoms with van der Waals surface area (Å²) in [7, 11) is 1.86. The predicted molar refractivity (Wildman–Crippen MR) is 66.7 cm³/mol. The van der Waals surface area contributed by atoms with Crippen LogP contribution in [0, 0.1) is 6.92 Å². The van der Waals surface area contributed by atoms with Crippen LogP contribution >= 0.6 is 0 Å². The number of hydrogen-bond donors (Lipinski definition) is 1. The van der Waals surface area contributed by atoms with Gasteiger partial charge in [-0.3, -0.25) is 9.97 Å². The Labute approximate surface area is 100 Å². The number of aryl methyl sites for hydroxylation is 1. The van der Waals surface area contributed by atoms with Crippen LogP contribution in [-0.4, -0.2) is 27.0 Å². The van der Waals surface area contributed by atoms with Crippen molar-refractivity contribution in [1.82, 2.24) is 19.9 Å². The summed E-state index contributed by atoms with van der Waals surface area (Å²) in [6, 6.07) is 0. The van der Waals surface area contributed by atoms with Crippen LogP contribution in [0.2, 0.25) is 0 Å². The second-order valence-corrected chi connectivity index (χ2v) is 3.66. The summed E-state index contributed by atoms with van der Waals surface area (Å²) < 4.78 is 0. The zero-order valence-corrected chi connectivity index (χ0v) is 10.2. The molecule has 0 atom stereocenters. The van der Waals surface area contributed by atoms with Crippen molar-refractivity contribution >= 4 is 5.82 Å². The summed E-state index contributed by atoms with van der Waals surface area (Å²) in [5, 5.41) is 3.08. The van der Waals surface area contributed by atoms with Gasteiger partial charge in [-0.2, -0.15) is 0 Å². The van der Waals surface area contributed by atoms with Gasteiger partial charge in [-0.1, -0.05) is 6.92 Å². The highest BCUT2D eigenvalue weighted by atomic mass is 15.0. The first kappa shape index (κ1) is 11.4. The molecule has 1 N–H and O–H groups in total. The van der Waals surface area contributed by atoms with Gasteiger partial charge in [0.1, 0.15) is 17.3 Å². The molecule has 0 aliphatic rings. The van der Waals surface area contributed by atoms with Crippen molar-refractivity contribution in [3.8, 4) is 11.4 Å². The third-order valence-corrected chi connectivity index (χ3v) is 2.55. The minimum atomic E-state index is 0.776. The maximum atomic E-state index is 4.52. The second kappa shape index (κ2) is 4.86. The van der Waals surface area contributed by atoms with Crippen molar-refractivity contribution in [3.63, 3.8) is 0 Å². The van der Waals surface area contributed by atoms with Crippen molar-refractivity contribution in [2.45, 2.75) is 20.3 Å². The molecule has 0 aliphatic heterocycles. The van der Waals surface area contributed by atoms with Crippen LogP contribution in [-0.2, 0) is 6.42 Å². The molecule has 2 rings (SSSR count). The van der Waals surface area contributed by atoms with Gasteiger partial charge in [-0.15, -0.1) is 0 Å². The van der Waals surface area contributed by atoms with E-state index in [1.165, 1.54) is 0 Å². The molecule has 0 aliphatic carbocycles. The zero-order chi connectivity index (χ0) is 12.3. The summed E-state index contributed by atoms with van der Waals surface area (Å²) in [5.41, 5.74) is 2.61. The van der Waals surface area contributed by atoms with Gasteiger partial charge in [0.15, 0.2) is 0 Å². The number of nitrogens with zero attached hydrogens (tertiary/aromatic N) is 4. The smallest absolute Gasteiger partial charge is 0.133 e. The van der Waals surface area contributed by atoms with Gasteiger partial charge in [-0.05, 0) is 6.92 Å². The lowest BCUT2D eigenvalue weighted by Gasteiger charge is -2.10. The van der Waals surface area contributed by atoms with E-state index in [0.29, 0.717) is 0 Å². The molecule has 0 spiro atoms. The van der Waals surface area contributed by atoms with E-state index in [4.69, 9.17) is 0 Å². The van der Waals surface area contributed by atoms with Crippen molar-refractivity contribution in [1.29, 1.82) is 0 Å². The molecule has 2 aromatic rings. The highest BCUT2D eigenvalue weighted by molar-refractivity contribution is 5.64. The predicted octanol–water partition coefficient (Wildman–Crippen LogP) is 1.85. The standard InChI is InChI=1S/C12H15N5/c1-4-10-16-11(8(2)12(13-3)17-10)9-7-14-5-6-15-9/h5-7H,4H2,1-3H3,(H,13,16,17). The van der Waals surface area contributed by atoms with E-state index in [2.05, 4.69) is 25.3 Å². The van der Waals surface area contributed by atoms with E-state index in [0.717, 1.165) is 35.0 Å². The normalized spacial score (nSPS) is 10.3. The molecule has 0 radical (unpaired) electrons. The maximum Gasteiger partial charge on any atom is 0.133 e. The van der Waals surface area contributed by atoms with Gasteiger partial charge >= 0.3 is 0 Å². The lowest BCUT2D eigenvalue weighted by Crippen LogP contribution is -2.05. The summed E-state index contributed by atoms with van der Waals surface area (Å²) in [6.45, 7) is 4.01. The number of aromatic nitrogens is 4. The van der Waals surface area contributed by atoms with Gasteiger partial charge in [-0.25, -0.2) is 9.97 Å². The number of hydrogen-bond acceptors (Lipinski definition) is 5. The highest BCUT2D eigenvalue weighted by Crippen LogP contribution is 2.23. The number of rotatable bonds is 3. The molecule has 0 saturated heterocycles. The van der Waals surface area contributed by atoms with E-state index < -0.39 is 0 Å². The molecule has 0 unspecified atom stereocenters. The number of nitrogens with one attached hydrogen (secondary N) is 1. The molecular formula is C12H15N5. The van der Waals surface area contributed by atoms with Crippen LogP contribution in [0.4, 0.5) is 5.82 Å². The minimum Gasteiger partial charge on any atom is -0.373 e. The minimum absolute atomic E-state index is 0.776. The monoisotopic (exact) mass is 229 g/mol. The Kier molecular flexibility index (Phi) is 3.27. The van der Waals surface area contributed by atoms with Gasteiger partial charge < -0.3 is 5.32 Å². The van der Waals surface area contributed by atoms with Crippen LogP contribution in [0.3, 0.4) is 0 Å². The Hall–Kier alpha value is -2.04. The largest absolute Gasteiger partial charge is 0.373 e. The van der Waals surface area contributed by atoms with Crippen LogP contribution in [0.1, 0.15) is 18.3 Å². The Morgan fingerprint density at radius 1 is 1.24 bits per heavy atom. The lowest BCUT2D eigenvalue weighted by atomic mass is 10.2. The van der Waals surface area contributed by atoms with Crippen LogP contribution < -0.4 is 5.32 Å². The topological polar surface area (TPSA) is 63.6 Å². The fraction of sp³-hybridized carbons (Fsp3) is 0.333. The van der Waals surface area contributed by atoms with E-state index in [9.17, 15) is 0 Å². The van der Waals surface area contributed by atoms with Crippen molar-refractivity contribution in [2.75, 3.05) is 12.4 Å². The molecule has 0 saturated carbocycles. The van der Waals surface area contributed by atoms with E-state index in [1.807, 2.05) is 20.9 Å². The fourth-order valence-corrected chi connectivity index (χ4v) is 1.64. The van der Waals surface area contributed by atoms with Gasteiger partial charge in [0.05, 0.1) is 11.9 Å². The molecule has 2 heterocycles. The van der Waals surface area contributed by atoms with E-state index in [1.54, 1.807) is 18.6 Å². The molecule has 17 heavy (non-hydrogen) atoms. The maximum absolute atomic E-state index is 4.52. The highest BCUT2D eigenvalue weighted by Gasteiger charge is 2.11. The first-order valence-corrected chi connectivity index (χ1v) is 5.58. The molecule has 5 nitrogen and oxygen atoms in total. The Morgan fingerprint density at radius 3 is 2.65 bits per heavy atom. The van der Waals surface area contributed by atoms with Gasteiger partial charge in [0.2, 0.25) is 0 Å². The van der Waals surface area contributed by atoms with Crippen LogP contribution in [0.15, 0.2) is 18.6 Å². The second-order valence-electron chi connectivity index (χ2n) is 3.66. The Bertz CT molecular complexity index is 510. The Balaban J connectivity index is 2.60. The van der Waals surface area contributed by atoms with Gasteiger partial charge in [0.25, 0.3) is 0 Å². The number of anilines is 1. The van der Waals surface area contributed by atoms with Crippen molar-refractivity contribution in [3.05, 3.63) is 30.0 Å². The fourth-order valence-electron chi connectivity index (χ4n) is 1.64. The van der Waals surface area contributed by atoms with Crippen molar-refractivity contribution in [2.24, 2.45) is 0 Å². The average Bonchev–Trinajstić information content (AvgIpc) is 2.40. The molecule has 0 amide bonds. The SMILES string of the molecule is CCc1nc(NC)c(C)c(-c2cnccn2)n1. The molecule has 0 aromatic carbocycles. The summed E-state index contributed by atoms with van der Waals surface area (Å²) >= 11 is 0. The summed E-state index contributed by atoms with van der Waals surface area (Å²) in [4.78, 5) is 17.3. The average molecular weight is 229 g/mol. The van der Waals surface area contributed by atoms with Crippen LogP contribution in [0.5, 0.6) is 0 Å². The first-order chi connectivity index (χ1) is 8.26. The third-order valence-electron chi connectivity index (χ3n) is 2.55. The van der Waals surface area contributed by atoms with E-state index >= 15 is 0 Å². The van der Waals surface area contributed by atoms with E-state index in [-0.39, 0.29) is 0 Å². The van der Waals surface area contributed by atoms with Crippen LogP contribution in [0.25, 0.3) is 11.4 Å². The first-order valence-electron chi connectivity index (χ1n) is 5.58. The molecule has 88 valence electrons. The Morgan fingerprint density at radius 2 is 2.06 bits per heavy atom. The summed E-state index contributed by atoms with van der Waals surface area (Å²) in [6.07, 6.45) is 5.83. The molecule has 0 fully saturated rings. The molecule has 2 aromatic heterocycles. The zero-order valence-electron chi connectivity index (χ0n) is 10.2. The van der Waals surface area contributed by atoms with Gasteiger partial charge in [0, 0.05) is 31.4 Å². The summed E-state index contributed by atoms with van der Waals surface area (Å²) in [5.74, 6) is 1.65.